The third-order valence-electron chi connectivity index (χ3n) is 5.39. The molecule has 1 aliphatic heterocycles. The number of fused-ring (bicyclic) bond motifs is 5. The largest absolute Gasteiger partial charge is 0.493 e. The average Bonchev–Trinajstić information content (AvgIpc) is 3.03. The number of rotatable bonds is 4. The number of aryl methyl sites for hydroxylation is 1. The number of hydrogen-bond donors (Lipinski definition) is 1. The van der Waals surface area contributed by atoms with Crippen LogP contribution < -0.4 is 14.8 Å². The van der Waals surface area contributed by atoms with Crippen molar-refractivity contribution >= 4 is 17.2 Å². The first kappa shape index (κ1) is 17.4. The number of carbonyl (C=O) groups is 1. The lowest BCUT2D eigenvalue weighted by atomic mass is 9.73. The Labute approximate surface area is 158 Å². The first-order valence-corrected chi connectivity index (χ1v) is 10.0. The molecule has 0 radical (unpaired) electrons. The summed E-state index contributed by atoms with van der Waals surface area (Å²) in [6.45, 7) is 4.43. The molecule has 1 aromatic heterocycles. The van der Waals surface area contributed by atoms with Crippen LogP contribution in [0.25, 0.3) is 0 Å². The predicted molar refractivity (Wildman–Crippen MR) is 104 cm³/mol. The molecular formula is C21H25NO3S. The van der Waals surface area contributed by atoms with Gasteiger partial charge >= 0.3 is 0 Å². The molecule has 0 saturated carbocycles. The minimum absolute atomic E-state index is 0.0881. The van der Waals surface area contributed by atoms with Crippen LogP contribution >= 0.6 is 11.3 Å². The molecule has 2 aliphatic rings. The Bertz CT molecular complexity index is 855. The third kappa shape index (κ3) is 2.78. The minimum atomic E-state index is 0.0881. The molecular weight excluding hydrogens is 346 g/mol. The molecule has 5 heteroatoms. The Kier molecular flexibility index (Phi) is 4.43. The van der Waals surface area contributed by atoms with Gasteiger partial charge in [-0.2, -0.15) is 0 Å². The van der Waals surface area contributed by atoms with E-state index in [1.165, 1.54) is 21.6 Å². The van der Waals surface area contributed by atoms with Crippen molar-refractivity contribution in [2.45, 2.75) is 45.1 Å². The Hall–Kier alpha value is -2.01. The second-order valence-corrected chi connectivity index (χ2v) is 8.73. The Morgan fingerprint density at radius 2 is 1.88 bits per heavy atom. The summed E-state index contributed by atoms with van der Waals surface area (Å²) in [5.41, 5.74) is 3.74. The number of nitrogens with one attached hydrogen (secondary N) is 1. The van der Waals surface area contributed by atoms with Crippen molar-refractivity contribution in [3.8, 4) is 11.5 Å². The second kappa shape index (κ2) is 6.62. The maximum absolute atomic E-state index is 12.6. The monoisotopic (exact) mass is 371 g/mol. The van der Waals surface area contributed by atoms with Crippen LogP contribution in [0, 0.1) is 5.92 Å². The molecule has 0 bridgehead atoms. The number of benzene rings is 1. The molecule has 1 N–H and O–H groups in total. The van der Waals surface area contributed by atoms with Crippen molar-refractivity contribution in [3.63, 3.8) is 0 Å². The fourth-order valence-corrected chi connectivity index (χ4v) is 5.60. The van der Waals surface area contributed by atoms with Crippen LogP contribution in [-0.2, 0) is 12.8 Å². The lowest BCUT2D eigenvalue weighted by molar-refractivity contribution is 0.0919. The zero-order valence-electron chi connectivity index (χ0n) is 15.7. The lowest BCUT2D eigenvalue weighted by Gasteiger charge is -2.38. The average molecular weight is 372 g/mol. The second-order valence-electron chi connectivity index (χ2n) is 7.60. The van der Waals surface area contributed by atoms with Gasteiger partial charge in [0.2, 0.25) is 0 Å². The standard InChI is InChI=1S/C21H25NO3S/c1-11(2)7-13-9-15-19-14-10-18(25-4)17(24-3)8-12(14)5-6-16(19)22-21(23)20(15)26-13/h8-11,16,19H,5-7H2,1-4H3,(H,22,23)/t16-,19+/m0/s1. The van der Waals surface area contributed by atoms with Crippen LogP contribution in [-0.4, -0.2) is 26.2 Å². The van der Waals surface area contributed by atoms with E-state index >= 15 is 0 Å². The van der Waals surface area contributed by atoms with Crippen molar-refractivity contribution in [1.29, 1.82) is 0 Å². The molecule has 4 nitrogen and oxygen atoms in total. The normalized spacial score (nSPS) is 20.9. The highest BCUT2D eigenvalue weighted by Gasteiger charge is 2.40. The quantitative estimate of drug-likeness (QED) is 0.878. The van der Waals surface area contributed by atoms with E-state index in [0.29, 0.717) is 5.92 Å². The molecule has 1 aromatic carbocycles. The summed E-state index contributed by atoms with van der Waals surface area (Å²) < 4.78 is 11.0. The van der Waals surface area contributed by atoms with Crippen LogP contribution in [0.5, 0.6) is 11.5 Å². The smallest absolute Gasteiger partial charge is 0.261 e. The summed E-state index contributed by atoms with van der Waals surface area (Å²) in [6, 6.07) is 6.62. The molecule has 26 heavy (non-hydrogen) atoms. The van der Waals surface area contributed by atoms with Crippen molar-refractivity contribution < 1.29 is 14.3 Å². The molecule has 0 fully saturated rings. The molecule has 2 atom stereocenters. The van der Waals surface area contributed by atoms with Gasteiger partial charge in [0, 0.05) is 16.8 Å². The number of carbonyl (C=O) groups excluding carboxylic acids is 1. The zero-order valence-corrected chi connectivity index (χ0v) is 16.5. The van der Waals surface area contributed by atoms with Gasteiger partial charge in [0.1, 0.15) is 0 Å². The Balaban J connectivity index is 1.84. The first-order valence-electron chi connectivity index (χ1n) is 9.20. The molecule has 0 unspecified atom stereocenters. The van der Waals surface area contributed by atoms with Gasteiger partial charge in [0.05, 0.1) is 19.1 Å². The summed E-state index contributed by atoms with van der Waals surface area (Å²) in [6.07, 6.45) is 2.91. The van der Waals surface area contributed by atoms with Crippen LogP contribution in [0.4, 0.5) is 0 Å². The van der Waals surface area contributed by atoms with Crippen molar-refractivity contribution in [3.05, 3.63) is 44.6 Å². The van der Waals surface area contributed by atoms with Crippen molar-refractivity contribution in [2.24, 2.45) is 5.92 Å². The number of thiophene rings is 1. The molecule has 4 rings (SSSR count). The lowest BCUT2D eigenvalue weighted by Crippen LogP contribution is -2.46. The topological polar surface area (TPSA) is 47.6 Å². The van der Waals surface area contributed by atoms with E-state index in [4.69, 9.17) is 9.47 Å². The van der Waals surface area contributed by atoms with E-state index < -0.39 is 0 Å². The van der Waals surface area contributed by atoms with Gasteiger partial charge in [-0.25, -0.2) is 0 Å². The highest BCUT2D eigenvalue weighted by molar-refractivity contribution is 7.14. The first-order chi connectivity index (χ1) is 12.5. The number of amides is 1. The maximum Gasteiger partial charge on any atom is 0.261 e. The molecule has 0 spiro atoms. The van der Waals surface area contributed by atoms with E-state index in [-0.39, 0.29) is 17.9 Å². The van der Waals surface area contributed by atoms with Crippen LogP contribution in [0.3, 0.4) is 0 Å². The van der Waals surface area contributed by atoms with Crippen molar-refractivity contribution in [2.75, 3.05) is 14.2 Å². The van der Waals surface area contributed by atoms with Gasteiger partial charge in [-0.05, 0) is 60.1 Å². The molecule has 0 saturated heterocycles. The molecule has 2 heterocycles. The number of ether oxygens (including phenoxy) is 2. The van der Waals surface area contributed by atoms with Gasteiger partial charge in [0.15, 0.2) is 11.5 Å². The number of hydrogen-bond acceptors (Lipinski definition) is 4. The highest BCUT2D eigenvalue weighted by Crippen LogP contribution is 2.46. The summed E-state index contributed by atoms with van der Waals surface area (Å²) >= 11 is 1.65. The Morgan fingerprint density at radius 1 is 1.15 bits per heavy atom. The maximum atomic E-state index is 12.6. The van der Waals surface area contributed by atoms with Gasteiger partial charge in [-0.15, -0.1) is 11.3 Å². The fourth-order valence-electron chi connectivity index (χ4n) is 4.28. The predicted octanol–water partition coefficient (Wildman–Crippen LogP) is 4.15. The van der Waals surface area contributed by atoms with Gasteiger partial charge in [0.25, 0.3) is 5.91 Å². The van der Waals surface area contributed by atoms with E-state index in [2.05, 4.69) is 37.4 Å². The van der Waals surface area contributed by atoms with E-state index in [1.807, 2.05) is 0 Å². The van der Waals surface area contributed by atoms with E-state index in [9.17, 15) is 4.79 Å². The molecule has 2 aromatic rings. The fraction of sp³-hybridized carbons (Fsp3) is 0.476. The van der Waals surface area contributed by atoms with Crippen LogP contribution in [0.15, 0.2) is 18.2 Å². The summed E-state index contributed by atoms with van der Waals surface area (Å²) in [4.78, 5) is 14.8. The van der Waals surface area contributed by atoms with Gasteiger partial charge < -0.3 is 14.8 Å². The SMILES string of the molecule is COc1cc2c(cc1OC)[C@@H]1c3cc(CC(C)C)sc3C(=O)N[C@H]1CC2. The molecule has 1 aliphatic carbocycles. The highest BCUT2D eigenvalue weighted by atomic mass is 32.1. The molecule has 1 amide bonds. The molecule has 138 valence electrons. The summed E-state index contributed by atoms with van der Waals surface area (Å²) in [5, 5.41) is 3.25. The minimum Gasteiger partial charge on any atom is -0.493 e. The van der Waals surface area contributed by atoms with Gasteiger partial charge in [-0.3, -0.25) is 4.79 Å². The van der Waals surface area contributed by atoms with E-state index in [1.54, 1.807) is 25.6 Å². The zero-order chi connectivity index (χ0) is 18.4. The van der Waals surface area contributed by atoms with Crippen LogP contribution in [0.2, 0.25) is 0 Å². The number of methoxy groups -OCH3 is 2. The Morgan fingerprint density at radius 3 is 2.58 bits per heavy atom. The summed E-state index contributed by atoms with van der Waals surface area (Å²) in [5.74, 6) is 2.39. The van der Waals surface area contributed by atoms with Gasteiger partial charge in [-0.1, -0.05) is 13.8 Å². The third-order valence-corrected chi connectivity index (χ3v) is 6.56. The van der Waals surface area contributed by atoms with E-state index in [0.717, 1.165) is 35.6 Å². The van der Waals surface area contributed by atoms with Crippen LogP contribution in [0.1, 0.15) is 57.4 Å². The summed E-state index contributed by atoms with van der Waals surface area (Å²) in [7, 11) is 3.34. The van der Waals surface area contributed by atoms with Crippen molar-refractivity contribution in [1.82, 2.24) is 5.32 Å².